The molecule has 2 aliphatic heterocycles. The third kappa shape index (κ3) is 5.18. The third-order valence-electron chi connectivity index (χ3n) is 5.31. The number of hydrogen-bond donors (Lipinski definition) is 5. The largest absolute Gasteiger partial charge is 0.493 e. The Hall–Kier alpha value is -1.91. The Morgan fingerprint density at radius 3 is 2.31 bits per heavy atom. The van der Waals surface area contributed by atoms with Crippen molar-refractivity contribution in [3.8, 4) is 16.9 Å². The van der Waals surface area contributed by atoms with Gasteiger partial charge in [-0.15, -0.1) is 0 Å². The first kappa shape index (κ1) is 24.7. The molecule has 32 heavy (non-hydrogen) atoms. The van der Waals surface area contributed by atoms with Crippen molar-refractivity contribution in [2.24, 2.45) is 0 Å². The lowest BCUT2D eigenvalue weighted by Crippen LogP contribution is -2.62. The Kier molecular flexibility index (Phi) is 8.35. The molecule has 5 N–H and O–H groups in total. The van der Waals surface area contributed by atoms with Crippen LogP contribution in [0.15, 0.2) is 36.4 Å². The smallest absolute Gasteiger partial charge is 0.335 e. The first-order valence-corrected chi connectivity index (χ1v) is 10.8. The number of rotatable bonds is 3. The van der Waals surface area contributed by atoms with Gasteiger partial charge in [-0.25, -0.2) is 4.79 Å². The van der Waals surface area contributed by atoms with Crippen LogP contribution in [0.4, 0.5) is 0 Å². The summed E-state index contributed by atoms with van der Waals surface area (Å²) in [7, 11) is 1.44. The molecule has 0 aliphatic carbocycles. The number of carboxylic acids is 1. The van der Waals surface area contributed by atoms with Gasteiger partial charge in [-0.3, -0.25) is 5.32 Å². The van der Waals surface area contributed by atoms with Gasteiger partial charge in [0, 0.05) is 11.1 Å². The fraction of sp³-hybridized carbons (Fsp3) is 0.409. The van der Waals surface area contributed by atoms with E-state index in [-0.39, 0.29) is 0 Å². The molecule has 2 aliphatic rings. The number of aryl methyl sites for hydroxylation is 1. The van der Waals surface area contributed by atoms with Crippen LogP contribution in [0.5, 0.6) is 5.75 Å². The van der Waals surface area contributed by atoms with Crippen LogP contribution >= 0.6 is 23.2 Å². The van der Waals surface area contributed by atoms with Crippen LogP contribution < -0.4 is 10.1 Å². The molecule has 0 amide bonds. The van der Waals surface area contributed by atoms with Crippen LogP contribution in [0.25, 0.3) is 11.1 Å². The number of fused-ring (bicyclic) bond motifs is 1. The molecule has 0 saturated carbocycles. The quantitative estimate of drug-likeness (QED) is 0.446. The van der Waals surface area contributed by atoms with Crippen molar-refractivity contribution in [3.05, 3.63) is 52.0 Å². The zero-order valence-corrected chi connectivity index (χ0v) is 18.8. The Bertz CT molecular complexity index is 936. The number of aliphatic hydroxyl groups is 3. The number of aliphatic hydroxyl groups excluding tert-OH is 3. The van der Waals surface area contributed by atoms with Gasteiger partial charge in [0.15, 0.2) is 6.10 Å². The highest BCUT2D eigenvalue weighted by Crippen LogP contribution is 2.42. The molecule has 1 saturated heterocycles. The molecule has 2 aromatic rings. The highest BCUT2D eigenvalue weighted by Gasteiger charge is 2.46. The van der Waals surface area contributed by atoms with E-state index in [9.17, 15) is 20.1 Å². The molecule has 10 heteroatoms. The highest BCUT2D eigenvalue weighted by atomic mass is 35.5. The van der Waals surface area contributed by atoms with Crippen molar-refractivity contribution < 1.29 is 34.7 Å². The van der Waals surface area contributed by atoms with E-state index in [2.05, 4.69) is 11.4 Å². The normalized spacial score (nSPS) is 26.9. The van der Waals surface area contributed by atoms with Crippen molar-refractivity contribution in [3.63, 3.8) is 0 Å². The van der Waals surface area contributed by atoms with Gasteiger partial charge in [0.25, 0.3) is 0 Å². The molecular formula is C22H25Cl2NO7. The van der Waals surface area contributed by atoms with E-state index in [1.807, 2.05) is 30.3 Å². The first-order chi connectivity index (χ1) is 15.3. The van der Waals surface area contributed by atoms with Crippen molar-refractivity contribution in [1.29, 1.82) is 0 Å². The number of carboxylic acid groups (broad SMARTS) is 1. The molecule has 2 heterocycles. The standard InChI is InChI=1S/C15H12Cl2O.C7H13NO6/c16-12-7-2-8-13(17)14(12)11-6-1-4-10-5-3-9-18-15(10)11;1-8-6-4(11)2(9)3(10)5(14-6)7(12)13/h1-2,4,6-8H,3,5,9H2;2-6,8-11H,1H3,(H,12,13). The molecule has 0 aromatic heterocycles. The monoisotopic (exact) mass is 485 g/mol. The lowest BCUT2D eigenvalue weighted by molar-refractivity contribution is -0.232. The molecule has 174 valence electrons. The fourth-order valence-electron chi connectivity index (χ4n) is 3.66. The molecule has 8 nitrogen and oxygen atoms in total. The number of hydrogen-bond acceptors (Lipinski definition) is 7. The number of likely N-dealkylation sites (N-methyl/N-ethyl adjacent to an activating group) is 1. The minimum atomic E-state index is -1.63. The Morgan fingerprint density at radius 1 is 1.03 bits per heavy atom. The molecule has 5 atom stereocenters. The van der Waals surface area contributed by atoms with Crippen LogP contribution in [-0.4, -0.2) is 70.7 Å². The molecular weight excluding hydrogens is 461 g/mol. The van der Waals surface area contributed by atoms with Gasteiger partial charge >= 0.3 is 5.97 Å². The summed E-state index contributed by atoms with van der Waals surface area (Å²) in [6.45, 7) is 0.756. The van der Waals surface area contributed by atoms with E-state index in [1.165, 1.54) is 12.6 Å². The highest BCUT2D eigenvalue weighted by molar-refractivity contribution is 6.39. The second-order valence-electron chi connectivity index (χ2n) is 7.42. The van der Waals surface area contributed by atoms with Crippen molar-refractivity contribution in [2.45, 2.75) is 43.5 Å². The molecule has 0 bridgehead atoms. The van der Waals surface area contributed by atoms with Gasteiger partial charge in [0.05, 0.1) is 16.7 Å². The van der Waals surface area contributed by atoms with Crippen LogP contribution in [-0.2, 0) is 16.0 Å². The predicted molar refractivity (Wildman–Crippen MR) is 119 cm³/mol. The molecule has 4 rings (SSSR count). The fourth-order valence-corrected chi connectivity index (χ4v) is 4.26. The van der Waals surface area contributed by atoms with Crippen LogP contribution in [0.3, 0.4) is 0 Å². The molecule has 5 unspecified atom stereocenters. The average Bonchev–Trinajstić information content (AvgIpc) is 2.78. The number of nitrogens with one attached hydrogen (secondary N) is 1. The predicted octanol–water partition coefficient (Wildman–Crippen LogP) is 2.08. The van der Waals surface area contributed by atoms with Crippen LogP contribution in [0.2, 0.25) is 10.0 Å². The van der Waals surface area contributed by atoms with Crippen LogP contribution in [0.1, 0.15) is 12.0 Å². The number of aliphatic carboxylic acids is 1. The lowest BCUT2D eigenvalue weighted by Gasteiger charge is -2.38. The summed E-state index contributed by atoms with van der Waals surface area (Å²) in [4.78, 5) is 10.6. The number of carbonyl (C=O) groups is 1. The van der Waals surface area contributed by atoms with Gasteiger partial charge in [-0.2, -0.15) is 0 Å². The topological polar surface area (TPSA) is 128 Å². The Balaban J connectivity index is 0.000000188. The number of benzene rings is 2. The van der Waals surface area contributed by atoms with Crippen molar-refractivity contribution in [2.75, 3.05) is 13.7 Å². The lowest BCUT2D eigenvalue weighted by atomic mass is 9.97. The van der Waals surface area contributed by atoms with Crippen molar-refractivity contribution >= 4 is 29.2 Å². The molecule has 1 fully saturated rings. The third-order valence-corrected chi connectivity index (χ3v) is 5.94. The van der Waals surface area contributed by atoms with E-state index in [0.717, 1.165) is 36.3 Å². The summed E-state index contributed by atoms with van der Waals surface area (Å²) in [5.41, 5.74) is 3.08. The Labute approximate surface area is 195 Å². The second kappa shape index (κ2) is 10.8. The van der Waals surface area contributed by atoms with Crippen LogP contribution in [0, 0.1) is 0 Å². The zero-order valence-electron chi connectivity index (χ0n) is 17.2. The SMILES string of the molecule is CNC1OC(C(=O)O)C(O)C(O)C1O.Clc1cccc(Cl)c1-c1cccc2c1OCCC2. The zero-order chi connectivity index (χ0) is 23.4. The summed E-state index contributed by atoms with van der Waals surface area (Å²) in [5, 5.41) is 40.3. The van der Waals surface area contributed by atoms with E-state index in [0.29, 0.717) is 10.0 Å². The van der Waals surface area contributed by atoms with E-state index in [1.54, 1.807) is 0 Å². The van der Waals surface area contributed by atoms with Gasteiger partial charge < -0.3 is 29.9 Å². The van der Waals surface area contributed by atoms with E-state index >= 15 is 0 Å². The summed E-state index contributed by atoms with van der Waals surface area (Å²) < 4.78 is 10.6. The van der Waals surface area contributed by atoms with Gasteiger partial charge in [-0.05, 0) is 37.6 Å². The summed E-state index contributed by atoms with van der Waals surface area (Å²) in [6, 6.07) is 11.7. The summed E-state index contributed by atoms with van der Waals surface area (Å²) in [5.74, 6) is -0.456. The number of para-hydroxylation sites is 1. The van der Waals surface area contributed by atoms with Gasteiger partial charge in [-0.1, -0.05) is 47.5 Å². The molecule has 2 aromatic carbocycles. The van der Waals surface area contributed by atoms with E-state index < -0.39 is 36.6 Å². The molecule has 0 radical (unpaired) electrons. The summed E-state index contributed by atoms with van der Waals surface area (Å²) >= 11 is 12.5. The average molecular weight is 486 g/mol. The minimum absolute atomic E-state index is 0.657. The first-order valence-electron chi connectivity index (χ1n) is 10.0. The maximum absolute atomic E-state index is 10.6. The number of halogens is 2. The maximum Gasteiger partial charge on any atom is 0.335 e. The second-order valence-corrected chi connectivity index (χ2v) is 8.23. The maximum atomic E-state index is 10.6. The number of ether oxygens (including phenoxy) is 2. The van der Waals surface area contributed by atoms with Gasteiger partial charge in [0.1, 0.15) is 30.3 Å². The van der Waals surface area contributed by atoms with E-state index in [4.69, 9.17) is 37.8 Å². The van der Waals surface area contributed by atoms with Crippen molar-refractivity contribution in [1.82, 2.24) is 5.32 Å². The Morgan fingerprint density at radius 2 is 1.69 bits per heavy atom. The minimum Gasteiger partial charge on any atom is -0.493 e. The molecule has 0 spiro atoms. The van der Waals surface area contributed by atoms with Gasteiger partial charge in [0.2, 0.25) is 0 Å². The summed E-state index contributed by atoms with van der Waals surface area (Å²) in [6.07, 6.45) is -4.96.